The van der Waals surface area contributed by atoms with Crippen LogP contribution in [0.1, 0.15) is 20.7 Å². The highest BCUT2D eigenvalue weighted by Gasteiger charge is 2.13. The van der Waals surface area contributed by atoms with E-state index in [2.05, 4.69) is 5.32 Å². The van der Waals surface area contributed by atoms with Gasteiger partial charge in [-0.05, 0) is 24.3 Å². The standard InChI is InChI=1S/C14H12N2O5S/c15-22(20,21)10-5-3-4-9(8-10)16-13(17)11-6-1-2-7-12(11)14(18)19/h1-8H,(H,16,17)(H,18,19)(H2,15,20,21)/p-1. The van der Waals surface area contributed by atoms with Gasteiger partial charge in [-0.3, -0.25) is 4.79 Å². The molecule has 2 rings (SSSR count). The Balaban J connectivity index is 2.33. The van der Waals surface area contributed by atoms with Crippen molar-refractivity contribution in [2.24, 2.45) is 5.14 Å². The van der Waals surface area contributed by atoms with Crippen LogP contribution < -0.4 is 15.6 Å². The molecule has 114 valence electrons. The third kappa shape index (κ3) is 3.48. The highest BCUT2D eigenvalue weighted by Crippen LogP contribution is 2.16. The zero-order chi connectivity index (χ0) is 16.3. The first-order chi connectivity index (χ1) is 10.3. The number of benzene rings is 2. The zero-order valence-corrected chi connectivity index (χ0v) is 12.0. The van der Waals surface area contributed by atoms with E-state index >= 15 is 0 Å². The molecule has 2 aromatic rings. The maximum absolute atomic E-state index is 12.1. The molecule has 0 heterocycles. The minimum Gasteiger partial charge on any atom is -0.545 e. The Bertz CT molecular complexity index is 846. The summed E-state index contributed by atoms with van der Waals surface area (Å²) in [5.41, 5.74) is -0.184. The van der Waals surface area contributed by atoms with Crippen molar-refractivity contribution in [1.29, 1.82) is 0 Å². The van der Waals surface area contributed by atoms with Crippen LogP contribution in [-0.4, -0.2) is 20.3 Å². The Labute approximate surface area is 126 Å². The molecule has 0 radical (unpaired) electrons. The Morgan fingerprint density at radius 2 is 1.64 bits per heavy atom. The van der Waals surface area contributed by atoms with E-state index in [9.17, 15) is 23.1 Å². The van der Waals surface area contributed by atoms with Gasteiger partial charge >= 0.3 is 0 Å². The summed E-state index contributed by atoms with van der Waals surface area (Å²) in [4.78, 5) is 22.9. The van der Waals surface area contributed by atoms with Gasteiger partial charge in [0.25, 0.3) is 5.91 Å². The molecular formula is C14H11N2O5S-. The van der Waals surface area contributed by atoms with Gasteiger partial charge in [-0.1, -0.05) is 24.3 Å². The van der Waals surface area contributed by atoms with Crippen molar-refractivity contribution in [2.75, 3.05) is 5.32 Å². The first-order valence-electron chi connectivity index (χ1n) is 6.03. The second kappa shape index (κ2) is 5.96. The SMILES string of the molecule is NS(=O)(=O)c1cccc(NC(=O)c2ccccc2C(=O)[O-])c1. The van der Waals surface area contributed by atoms with E-state index in [1.807, 2.05) is 0 Å². The van der Waals surface area contributed by atoms with Crippen molar-refractivity contribution >= 4 is 27.6 Å². The molecule has 22 heavy (non-hydrogen) atoms. The fourth-order valence-corrected chi connectivity index (χ4v) is 2.37. The van der Waals surface area contributed by atoms with Crippen molar-refractivity contribution in [2.45, 2.75) is 4.90 Å². The fraction of sp³-hybridized carbons (Fsp3) is 0. The van der Waals surface area contributed by atoms with Gasteiger partial charge in [-0.25, -0.2) is 13.6 Å². The first-order valence-corrected chi connectivity index (χ1v) is 7.58. The van der Waals surface area contributed by atoms with E-state index in [0.717, 1.165) is 0 Å². The van der Waals surface area contributed by atoms with Crippen molar-refractivity contribution < 1.29 is 23.1 Å². The van der Waals surface area contributed by atoms with Crippen LogP contribution >= 0.6 is 0 Å². The summed E-state index contributed by atoms with van der Waals surface area (Å²) >= 11 is 0. The third-order valence-corrected chi connectivity index (χ3v) is 3.72. The number of anilines is 1. The smallest absolute Gasteiger partial charge is 0.256 e. The van der Waals surface area contributed by atoms with Gasteiger partial charge in [0.05, 0.1) is 10.9 Å². The molecule has 0 saturated carbocycles. The minimum atomic E-state index is -3.90. The van der Waals surface area contributed by atoms with E-state index in [1.165, 1.54) is 48.5 Å². The van der Waals surface area contributed by atoms with Crippen molar-refractivity contribution in [3.8, 4) is 0 Å². The molecule has 0 unspecified atom stereocenters. The topological polar surface area (TPSA) is 129 Å². The second-order valence-electron chi connectivity index (χ2n) is 4.36. The number of nitrogens with two attached hydrogens (primary N) is 1. The molecule has 0 spiro atoms. The molecule has 2 aromatic carbocycles. The number of aromatic carboxylic acids is 1. The van der Waals surface area contributed by atoms with E-state index in [-0.39, 0.29) is 21.7 Å². The van der Waals surface area contributed by atoms with Gasteiger partial charge in [-0.15, -0.1) is 0 Å². The number of carbonyl (C=O) groups excluding carboxylic acids is 2. The fourth-order valence-electron chi connectivity index (χ4n) is 1.81. The number of primary sulfonamides is 1. The maximum Gasteiger partial charge on any atom is 0.256 e. The van der Waals surface area contributed by atoms with Crippen LogP contribution in [-0.2, 0) is 10.0 Å². The van der Waals surface area contributed by atoms with E-state index in [0.29, 0.717) is 0 Å². The van der Waals surface area contributed by atoms with Crippen LogP contribution in [0.5, 0.6) is 0 Å². The summed E-state index contributed by atoms with van der Waals surface area (Å²) in [7, 11) is -3.90. The number of carboxylic acid groups (broad SMARTS) is 1. The van der Waals surface area contributed by atoms with Crippen LogP contribution in [0.4, 0.5) is 5.69 Å². The van der Waals surface area contributed by atoms with E-state index < -0.39 is 21.9 Å². The average molecular weight is 319 g/mol. The van der Waals surface area contributed by atoms with Crippen molar-refractivity contribution in [1.82, 2.24) is 0 Å². The van der Waals surface area contributed by atoms with Gasteiger partial charge in [0.2, 0.25) is 10.0 Å². The van der Waals surface area contributed by atoms with Crippen LogP contribution in [0.15, 0.2) is 53.4 Å². The molecular weight excluding hydrogens is 308 g/mol. The molecule has 7 nitrogen and oxygen atoms in total. The number of hydrogen-bond acceptors (Lipinski definition) is 5. The Kier molecular flexibility index (Phi) is 4.25. The summed E-state index contributed by atoms with van der Waals surface area (Å²) in [5.74, 6) is -2.18. The lowest BCUT2D eigenvalue weighted by Gasteiger charge is -2.11. The summed E-state index contributed by atoms with van der Waals surface area (Å²) in [6.45, 7) is 0. The number of carbonyl (C=O) groups is 2. The number of sulfonamides is 1. The van der Waals surface area contributed by atoms with E-state index in [4.69, 9.17) is 5.14 Å². The summed E-state index contributed by atoms with van der Waals surface area (Å²) in [5, 5.41) is 18.4. The van der Waals surface area contributed by atoms with Crippen LogP contribution in [0, 0.1) is 0 Å². The predicted molar refractivity (Wildman–Crippen MR) is 76.5 cm³/mol. The summed E-state index contributed by atoms with van der Waals surface area (Å²) < 4.78 is 22.5. The van der Waals surface area contributed by atoms with Gasteiger partial charge in [0.15, 0.2) is 0 Å². The van der Waals surface area contributed by atoms with Crippen LogP contribution in [0.2, 0.25) is 0 Å². The Morgan fingerprint density at radius 1 is 1.00 bits per heavy atom. The van der Waals surface area contributed by atoms with Crippen molar-refractivity contribution in [3.63, 3.8) is 0 Å². The molecule has 0 fully saturated rings. The number of nitrogens with one attached hydrogen (secondary N) is 1. The summed E-state index contributed by atoms with van der Waals surface area (Å²) in [6, 6.07) is 10.8. The largest absolute Gasteiger partial charge is 0.545 e. The number of rotatable bonds is 4. The first kappa shape index (κ1) is 15.7. The van der Waals surface area contributed by atoms with Gasteiger partial charge in [0, 0.05) is 16.8 Å². The molecule has 0 atom stereocenters. The van der Waals surface area contributed by atoms with Crippen LogP contribution in [0.3, 0.4) is 0 Å². The molecule has 8 heteroatoms. The number of amides is 1. The monoisotopic (exact) mass is 319 g/mol. The molecule has 0 saturated heterocycles. The molecule has 3 N–H and O–H groups in total. The molecule has 0 aliphatic rings. The van der Waals surface area contributed by atoms with E-state index in [1.54, 1.807) is 0 Å². The Morgan fingerprint density at radius 3 is 2.23 bits per heavy atom. The number of hydrogen-bond donors (Lipinski definition) is 2. The summed E-state index contributed by atoms with van der Waals surface area (Å²) in [6.07, 6.45) is 0. The molecule has 0 aromatic heterocycles. The van der Waals surface area contributed by atoms with Crippen molar-refractivity contribution in [3.05, 3.63) is 59.7 Å². The maximum atomic E-state index is 12.1. The molecule has 0 bridgehead atoms. The Hall–Kier alpha value is -2.71. The number of carboxylic acids is 1. The highest BCUT2D eigenvalue weighted by molar-refractivity contribution is 7.89. The average Bonchev–Trinajstić information content (AvgIpc) is 2.46. The van der Waals surface area contributed by atoms with Gasteiger partial charge in [0.1, 0.15) is 0 Å². The normalized spacial score (nSPS) is 11.0. The molecule has 0 aliphatic heterocycles. The lowest BCUT2D eigenvalue weighted by atomic mass is 10.1. The zero-order valence-electron chi connectivity index (χ0n) is 11.1. The third-order valence-electron chi connectivity index (χ3n) is 2.81. The molecule has 0 aliphatic carbocycles. The molecule has 1 amide bonds. The van der Waals surface area contributed by atoms with Gasteiger partial charge in [-0.2, -0.15) is 0 Å². The van der Waals surface area contributed by atoms with Crippen LogP contribution in [0.25, 0.3) is 0 Å². The predicted octanol–water partition coefficient (Wildman–Crippen LogP) is -0.0502. The lowest BCUT2D eigenvalue weighted by Crippen LogP contribution is -2.26. The van der Waals surface area contributed by atoms with Gasteiger partial charge < -0.3 is 15.2 Å². The lowest BCUT2D eigenvalue weighted by molar-refractivity contribution is -0.255. The highest BCUT2D eigenvalue weighted by atomic mass is 32.2. The minimum absolute atomic E-state index is 0.0940. The quantitative estimate of drug-likeness (QED) is 0.816. The second-order valence-corrected chi connectivity index (χ2v) is 5.92.